The van der Waals surface area contributed by atoms with Gasteiger partial charge in [-0.1, -0.05) is 31.4 Å². The first kappa shape index (κ1) is 20.5. The number of hydrogen-bond donors (Lipinski definition) is 0. The van der Waals surface area contributed by atoms with Crippen LogP contribution in [0, 0.1) is 5.92 Å². The van der Waals surface area contributed by atoms with Gasteiger partial charge in [-0.15, -0.1) is 11.3 Å². The van der Waals surface area contributed by atoms with Crippen molar-refractivity contribution in [1.29, 1.82) is 0 Å². The van der Waals surface area contributed by atoms with Crippen molar-refractivity contribution in [3.05, 3.63) is 47.4 Å². The Hall–Kier alpha value is -1.77. The second kappa shape index (κ2) is 8.93. The fourth-order valence-electron chi connectivity index (χ4n) is 4.22. The fraction of sp³-hybridized carbons (Fsp3) is 0.524. The molecule has 0 spiro atoms. The molecule has 2 aromatic heterocycles. The lowest BCUT2D eigenvalue weighted by Gasteiger charge is -2.31. The number of pyridine rings is 1. The second-order valence-electron chi connectivity index (χ2n) is 7.82. The highest BCUT2D eigenvalue weighted by Crippen LogP contribution is 2.27. The molecule has 1 aliphatic heterocycles. The number of aromatic nitrogens is 1. The van der Waals surface area contributed by atoms with Gasteiger partial charge in [0.2, 0.25) is 5.91 Å². The van der Waals surface area contributed by atoms with Gasteiger partial charge < -0.3 is 0 Å². The topological polar surface area (TPSA) is 71.7 Å². The molecule has 0 aromatic carbocycles. The lowest BCUT2D eigenvalue weighted by molar-refractivity contribution is 0.0778. The van der Waals surface area contributed by atoms with E-state index in [2.05, 4.69) is 0 Å². The molecule has 0 amide bonds. The Balaban J connectivity index is 1.56. The van der Waals surface area contributed by atoms with Crippen LogP contribution in [0.15, 0.2) is 51.1 Å². The van der Waals surface area contributed by atoms with Gasteiger partial charge in [-0.2, -0.15) is 4.31 Å². The van der Waals surface area contributed by atoms with Gasteiger partial charge in [-0.3, -0.25) is 14.4 Å². The van der Waals surface area contributed by atoms with E-state index in [0.717, 1.165) is 12.8 Å². The Bertz CT molecular complexity index is 1010. The maximum atomic E-state index is 13.3. The molecule has 2 fully saturated rings. The van der Waals surface area contributed by atoms with Gasteiger partial charge in [0.15, 0.2) is 0 Å². The molecule has 2 aromatic rings. The van der Waals surface area contributed by atoms with Crippen LogP contribution in [0.1, 0.15) is 49.7 Å². The largest absolute Gasteiger partial charge is 0.274 e. The summed E-state index contributed by atoms with van der Waals surface area (Å²) in [6.45, 7) is 0.687. The summed E-state index contributed by atoms with van der Waals surface area (Å²) in [4.78, 5) is 18.2. The van der Waals surface area contributed by atoms with Crippen LogP contribution in [-0.2, 0) is 10.0 Å². The van der Waals surface area contributed by atoms with Crippen molar-refractivity contribution in [1.82, 2.24) is 8.87 Å². The molecule has 1 unspecified atom stereocenters. The maximum absolute atomic E-state index is 13.3. The molecule has 1 aliphatic carbocycles. The van der Waals surface area contributed by atoms with E-state index in [4.69, 9.17) is 4.99 Å². The summed E-state index contributed by atoms with van der Waals surface area (Å²) in [5, 5.41) is 1.76. The van der Waals surface area contributed by atoms with Gasteiger partial charge in [0, 0.05) is 19.3 Å². The highest BCUT2D eigenvalue weighted by Gasteiger charge is 2.34. The van der Waals surface area contributed by atoms with E-state index < -0.39 is 10.0 Å². The predicted octanol–water partition coefficient (Wildman–Crippen LogP) is 3.52. The summed E-state index contributed by atoms with van der Waals surface area (Å²) in [5.74, 6) is -0.419. The van der Waals surface area contributed by atoms with Crippen molar-refractivity contribution in [3.63, 3.8) is 0 Å². The summed E-state index contributed by atoms with van der Waals surface area (Å²) < 4.78 is 29.2. The minimum Gasteiger partial charge on any atom is -0.274 e. The number of nitrogens with zero attached hydrogens (tertiary/aromatic N) is 3. The molecule has 1 saturated heterocycles. The van der Waals surface area contributed by atoms with Crippen LogP contribution in [0.3, 0.4) is 0 Å². The molecule has 6 nitrogen and oxygen atoms in total. The summed E-state index contributed by atoms with van der Waals surface area (Å²) in [5.41, 5.74) is 0.683. The van der Waals surface area contributed by atoms with Crippen molar-refractivity contribution in [3.8, 4) is 0 Å². The van der Waals surface area contributed by atoms with Gasteiger partial charge in [0.05, 0.1) is 12.0 Å². The molecular weight excluding hydrogens is 406 g/mol. The normalized spacial score (nSPS) is 22.6. The number of piperidine rings is 1. The minimum absolute atomic E-state index is 0.0637. The zero-order valence-corrected chi connectivity index (χ0v) is 18.1. The summed E-state index contributed by atoms with van der Waals surface area (Å²) >= 11 is 1.22. The second-order valence-corrected chi connectivity index (χ2v) is 10.9. The first-order chi connectivity index (χ1) is 14.1. The molecule has 3 heterocycles. The third kappa shape index (κ3) is 4.54. The summed E-state index contributed by atoms with van der Waals surface area (Å²) in [7, 11) is -3.53. The Morgan fingerprint density at radius 2 is 1.86 bits per heavy atom. The zero-order chi connectivity index (χ0) is 20.3. The predicted molar refractivity (Wildman–Crippen MR) is 113 cm³/mol. The van der Waals surface area contributed by atoms with Gasteiger partial charge in [-0.05, 0) is 49.3 Å². The van der Waals surface area contributed by atoms with E-state index in [-0.39, 0.29) is 24.4 Å². The average Bonchev–Trinajstić information content (AvgIpc) is 3.30. The average molecular weight is 434 g/mol. The Morgan fingerprint density at radius 3 is 2.62 bits per heavy atom. The van der Waals surface area contributed by atoms with Crippen LogP contribution in [-0.4, -0.2) is 42.3 Å². The molecule has 0 bridgehead atoms. The molecule has 1 atom stereocenters. The van der Waals surface area contributed by atoms with Crippen molar-refractivity contribution in [2.24, 2.45) is 10.9 Å². The van der Waals surface area contributed by atoms with Crippen LogP contribution in [0.4, 0.5) is 0 Å². The number of hydrogen-bond acceptors (Lipinski definition) is 5. The Morgan fingerprint density at radius 1 is 1.03 bits per heavy atom. The van der Waals surface area contributed by atoms with Crippen LogP contribution in [0.25, 0.3) is 0 Å². The molecule has 0 radical (unpaired) electrons. The van der Waals surface area contributed by atoms with E-state index >= 15 is 0 Å². The quantitative estimate of drug-likeness (QED) is 0.741. The number of carbonyl (C=O) groups excluding carboxylic acids is 1. The third-order valence-electron chi connectivity index (χ3n) is 5.79. The van der Waals surface area contributed by atoms with Gasteiger partial charge in [0.1, 0.15) is 9.70 Å². The number of sulfonamides is 1. The van der Waals surface area contributed by atoms with Crippen LogP contribution < -0.4 is 5.49 Å². The monoisotopic (exact) mass is 433 g/mol. The van der Waals surface area contributed by atoms with Crippen molar-refractivity contribution >= 4 is 27.3 Å². The van der Waals surface area contributed by atoms with Crippen molar-refractivity contribution in [2.45, 2.75) is 55.2 Å². The van der Waals surface area contributed by atoms with Crippen molar-refractivity contribution < 1.29 is 13.2 Å². The van der Waals surface area contributed by atoms with E-state index in [1.54, 1.807) is 28.3 Å². The molecule has 29 heavy (non-hydrogen) atoms. The zero-order valence-electron chi connectivity index (χ0n) is 16.4. The highest BCUT2D eigenvalue weighted by atomic mass is 32.2. The molecule has 2 aliphatic rings. The number of thiophene rings is 1. The Labute approximate surface area is 176 Å². The fourth-order valence-corrected chi connectivity index (χ4v) is 6.89. The van der Waals surface area contributed by atoms with Crippen LogP contribution in [0.2, 0.25) is 0 Å². The summed E-state index contributed by atoms with van der Waals surface area (Å²) in [6.07, 6.45) is 8.91. The highest BCUT2D eigenvalue weighted by molar-refractivity contribution is 7.91. The minimum atomic E-state index is -3.53. The third-order valence-corrected chi connectivity index (χ3v) is 9.03. The first-order valence-corrected chi connectivity index (χ1v) is 12.7. The van der Waals surface area contributed by atoms with Gasteiger partial charge >= 0.3 is 0 Å². The molecule has 1 saturated carbocycles. The molecule has 0 N–H and O–H groups in total. The van der Waals surface area contributed by atoms with E-state index in [9.17, 15) is 13.2 Å². The Kier molecular flexibility index (Phi) is 6.32. The maximum Gasteiger partial charge on any atom is 0.252 e. The van der Waals surface area contributed by atoms with E-state index in [0.29, 0.717) is 29.1 Å². The van der Waals surface area contributed by atoms with Gasteiger partial charge in [-0.25, -0.2) is 8.42 Å². The van der Waals surface area contributed by atoms with Crippen LogP contribution in [0.5, 0.6) is 0 Å². The van der Waals surface area contributed by atoms with Gasteiger partial charge in [0.25, 0.3) is 10.0 Å². The molecule has 156 valence electrons. The van der Waals surface area contributed by atoms with Crippen LogP contribution >= 0.6 is 11.3 Å². The molecule has 4 rings (SSSR count). The van der Waals surface area contributed by atoms with Crippen molar-refractivity contribution in [2.75, 3.05) is 13.1 Å². The van der Waals surface area contributed by atoms with E-state index in [1.807, 2.05) is 18.2 Å². The molecular formula is C21H27N3O3S2. The lowest BCUT2D eigenvalue weighted by Crippen LogP contribution is -2.44. The smallest absolute Gasteiger partial charge is 0.252 e. The van der Waals surface area contributed by atoms with E-state index in [1.165, 1.54) is 34.9 Å². The lowest BCUT2D eigenvalue weighted by atomic mass is 9.96. The number of rotatable bonds is 4. The summed E-state index contributed by atoms with van der Waals surface area (Å²) in [6, 6.07) is 9.25. The number of carbonyl (C=O) groups is 1. The first-order valence-electron chi connectivity index (χ1n) is 10.3. The SMILES string of the molecule is O=C(C1CCCN(S(=O)(=O)c2cccs2)C1)n1ccccc1=NC1CCCCC1. The standard InChI is InChI=1S/C21H27N3O3S2/c25-21(24-14-5-4-11-19(24)22-18-9-2-1-3-10-18)17-8-6-13-23(16-17)29(26,27)20-12-7-15-28-20/h4-5,7,11-12,14-15,17-18H,1-3,6,8-10,13,16H2. The molecule has 8 heteroatoms.